The van der Waals surface area contributed by atoms with Crippen LogP contribution in [-0.2, 0) is 4.74 Å². The Balaban J connectivity index is 3.94. The first-order chi connectivity index (χ1) is 8.61. The number of likely N-dealkylation sites (N-methyl/N-ethyl adjacent to an activating group) is 1. The summed E-state index contributed by atoms with van der Waals surface area (Å²) in [6.07, 6.45) is 3.00. The van der Waals surface area contributed by atoms with Crippen LogP contribution in [0.25, 0.3) is 0 Å². The molecule has 1 N–H and O–H groups in total. The van der Waals surface area contributed by atoms with Gasteiger partial charge in [-0.2, -0.15) is 5.26 Å². The number of nitriles is 1. The first kappa shape index (κ1) is 17.4. The highest BCUT2D eigenvalue weighted by atomic mass is 16.5. The van der Waals surface area contributed by atoms with Gasteiger partial charge in [-0.3, -0.25) is 5.32 Å². The van der Waals surface area contributed by atoms with Crippen molar-refractivity contribution in [1.29, 1.82) is 5.26 Å². The minimum absolute atomic E-state index is 0.378. The summed E-state index contributed by atoms with van der Waals surface area (Å²) < 4.78 is 5.09. The molecular weight excluding hydrogens is 226 g/mol. The van der Waals surface area contributed by atoms with Gasteiger partial charge in [0.1, 0.15) is 5.54 Å². The number of nitrogens with zero attached hydrogens (tertiary/aromatic N) is 2. The van der Waals surface area contributed by atoms with Crippen molar-refractivity contribution in [3.05, 3.63) is 0 Å². The fourth-order valence-electron chi connectivity index (χ4n) is 1.89. The van der Waals surface area contributed by atoms with Crippen LogP contribution in [-0.4, -0.2) is 50.3 Å². The number of methoxy groups -OCH3 is 1. The topological polar surface area (TPSA) is 48.3 Å². The minimum atomic E-state index is -0.378. The molecule has 0 rings (SSSR count). The Kier molecular flexibility index (Phi) is 9.95. The normalized spacial score (nSPS) is 14.4. The van der Waals surface area contributed by atoms with Gasteiger partial charge in [0.25, 0.3) is 0 Å². The molecule has 0 aromatic heterocycles. The summed E-state index contributed by atoms with van der Waals surface area (Å²) in [6.45, 7) is 11.0. The van der Waals surface area contributed by atoms with Gasteiger partial charge >= 0.3 is 0 Å². The van der Waals surface area contributed by atoms with E-state index in [4.69, 9.17) is 4.74 Å². The van der Waals surface area contributed by atoms with Crippen LogP contribution >= 0.6 is 0 Å². The van der Waals surface area contributed by atoms with Gasteiger partial charge in [0.2, 0.25) is 0 Å². The molecule has 0 aliphatic heterocycles. The molecule has 0 bridgehead atoms. The van der Waals surface area contributed by atoms with E-state index in [1.54, 1.807) is 7.11 Å². The molecule has 0 fully saturated rings. The van der Waals surface area contributed by atoms with Crippen LogP contribution in [0, 0.1) is 11.3 Å². The summed E-state index contributed by atoms with van der Waals surface area (Å²) in [5.41, 5.74) is -0.378. The van der Waals surface area contributed by atoms with E-state index in [1.165, 1.54) is 0 Å². The molecule has 4 heteroatoms. The highest BCUT2D eigenvalue weighted by molar-refractivity contribution is 5.03. The fraction of sp³-hybridized carbons (Fsp3) is 0.929. The second-order valence-corrected chi connectivity index (χ2v) is 4.90. The molecule has 1 atom stereocenters. The lowest BCUT2D eigenvalue weighted by Gasteiger charge is -2.25. The number of hydrogen-bond donors (Lipinski definition) is 1. The van der Waals surface area contributed by atoms with E-state index >= 15 is 0 Å². The van der Waals surface area contributed by atoms with Crippen molar-refractivity contribution in [2.45, 2.75) is 45.6 Å². The Morgan fingerprint density at radius 1 is 1.33 bits per heavy atom. The molecule has 106 valence electrons. The monoisotopic (exact) mass is 255 g/mol. The first-order valence-electron chi connectivity index (χ1n) is 6.99. The Hall–Kier alpha value is -0.630. The highest BCUT2D eigenvalue weighted by Crippen LogP contribution is 2.11. The summed E-state index contributed by atoms with van der Waals surface area (Å²) >= 11 is 0. The van der Waals surface area contributed by atoms with Crippen molar-refractivity contribution < 1.29 is 4.74 Å². The predicted octanol–water partition coefficient (Wildman–Crippen LogP) is 2.02. The lowest BCUT2D eigenvalue weighted by molar-refractivity contribution is 0.148. The summed E-state index contributed by atoms with van der Waals surface area (Å²) in [5.74, 6) is 0. The average molecular weight is 255 g/mol. The summed E-state index contributed by atoms with van der Waals surface area (Å²) in [5, 5.41) is 12.6. The average Bonchev–Trinajstić information content (AvgIpc) is 2.40. The number of nitrogens with one attached hydrogen (secondary N) is 1. The minimum Gasteiger partial charge on any atom is -0.383 e. The highest BCUT2D eigenvalue weighted by Gasteiger charge is 2.22. The predicted molar refractivity (Wildman–Crippen MR) is 75.5 cm³/mol. The molecule has 18 heavy (non-hydrogen) atoms. The molecule has 0 saturated heterocycles. The molecule has 1 unspecified atom stereocenters. The van der Waals surface area contributed by atoms with Crippen molar-refractivity contribution >= 4 is 0 Å². The Morgan fingerprint density at radius 3 is 2.56 bits per heavy atom. The third kappa shape index (κ3) is 7.65. The van der Waals surface area contributed by atoms with Gasteiger partial charge < -0.3 is 9.64 Å². The Morgan fingerprint density at radius 2 is 2.06 bits per heavy atom. The SMILES string of the molecule is CCCNC(C)(C#N)CCCN(CC)CCOC. The zero-order valence-electron chi connectivity index (χ0n) is 12.5. The molecule has 0 saturated carbocycles. The quantitative estimate of drug-likeness (QED) is 0.613. The lowest BCUT2D eigenvalue weighted by atomic mass is 9.97. The van der Waals surface area contributed by atoms with Gasteiger partial charge in [-0.1, -0.05) is 13.8 Å². The molecule has 0 heterocycles. The molecule has 0 aromatic rings. The van der Waals surface area contributed by atoms with Crippen molar-refractivity contribution in [3.8, 4) is 6.07 Å². The fourth-order valence-corrected chi connectivity index (χ4v) is 1.89. The first-order valence-corrected chi connectivity index (χ1v) is 6.99. The van der Waals surface area contributed by atoms with E-state index in [0.29, 0.717) is 0 Å². The van der Waals surface area contributed by atoms with E-state index in [1.807, 2.05) is 6.92 Å². The molecule has 4 nitrogen and oxygen atoms in total. The van der Waals surface area contributed by atoms with Gasteiger partial charge in [-0.25, -0.2) is 0 Å². The van der Waals surface area contributed by atoms with E-state index in [0.717, 1.165) is 52.0 Å². The molecule has 0 radical (unpaired) electrons. The largest absolute Gasteiger partial charge is 0.383 e. The summed E-state index contributed by atoms with van der Waals surface area (Å²) in [4.78, 5) is 2.36. The summed E-state index contributed by atoms with van der Waals surface area (Å²) in [7, 11) is 1.73. The molecule has 0 aliphatic rings. The van der Waals surface area contributed by atoms with Gasteiger partial charge in [0.15, 0.2) is 0 Å². The molecule has 0 aromatic carbocycles. The van der Waals surface area contributed by atoms with Gasteiger partial charge in [0, 0.05) is 13.7 Å². The van der Waals surface area contributed by atoms with E-state index in [-0.39, 0.29) is 5.54 Å². The zero-order valence-corrected chi connectivity index (χ0v) is 12.5. The van der Waals surface area contributed by atoms with Crippen LogP contribution in [0.2, 0.25) is 0 Å². The second-order valence-electron chi connectivity index (χ2n) is 4.90. The van der Waals surface area contributed by atoms with Crippen molar-refractivity contribution in [2.24, 2.45) is 0 Å². The maximum atomic E-state index is 9.23. The van der Waals surface area contributed by atoms with Gasteiger partial charge in [0.05, 0.1) is 12.7 Å². The van der Waals surface area contributed by atoms with Crippen molar-refractivity contribution in [3.63, 3.8) is 0 Å². The Bertz CT molecular complexity index is 240. The standard InChI is InChI=1S/C14H29N3O/c1-5-9-16-14(3,13-15)8-7-10-17(6-2)11-12-18-4/h16H,5-12H2,1-4H3. The smallest absolute Gasteiger partial charge is 0.103 e. The van der Waals surface area contributed by atoms with Crippen LogP contribution in [0.5, 0.6) is 0 Å². The third-order valence-electron chi connectivity index (χ3n) is 3.22. The van der Waals surface area contributed by atoms with Crippen LogP contribution in [0.1, 0.15) is 40.0 Å². The lowest BCUT2D eigenvalue weighted by Crippen LogP contribution is -2.42. The van der Waals surface area contributed by atoms with E-state index in [2.05, 4.69) is 30.1 Å². The van der Waals surface area contributed by atoms with Crippen molar-refractivity contribution in [2.75, 3.05) is 39.9 Å². The maximum Gasteiger partial charge on any atom is 0.103 e. The second kappa shape index (κ2) is 10.3. The van der Waals surface area contributed by atoms with Crippen LogP contribution in [0.3, 0.4) is 0 Å². The van der Waals surface area contributed by atoms with E-state index < -0.39 is 0 Å². The van der Waals surface area contributed by atoms with Crippen LogP contribution in [0.4, 0.5) is 0 Å². The Labute approximate surface area is 112 Å². The third-order valence-corrected chi connectivity index (χ3v) is 3.22. The van der Waals surface area contributed by atoms with Crippen molar-refractivity contribution in [1.82, 2.24) is 10.2 Å². The molecular formula is C14H29N3O. The van der Waals surface area contributed by atoms with Crippen LogP contribution < -0.4 is 5.32 Å². The molecule has 0 aliphatic carbocycles. The molecule has 0 amide bonds. The van der Waals surface area contributed by atoms with Crippen LogP contribution in [0.15, 0.2) is 0 Å². The number of hydrogen-bond acceptors (Lipinski definition) is 4. The molecule has 0 spiro atoms. The van der Waals surface area contributed by atoms with Gasteiger partial charge in [-0.05, 0) is 45.8 Å². The number of ether oxygens (including phenoxy) is 1. The number of rotatable bonds is 11. The van der Waals surface area contributed by atoms with E-state index in [9.17, 15) is 5.26 Å². The zero-order chi connectivity index (χ0) is 13.9. The maximum absolute atomic E-state index is 9.23. The summed E-state index contributed by atoms with van der Waals surface area (Å²) in [6, 6.07) is 2.39. The van der Waals surface area contributed by atoms with Gasteiger partial charge in [-0.15, -0.1) is 0 Å².